The van der Waals surface area contributed by atoms with Gasteiger partial charge in [0, 0.05) is 75.4 Å². The lowest BCUT2D eigenvalue weighted by Gasteiger charge is -2.45. The summed E-state index contributed by atoms with van der Waals surface area (Å²) < 4.78 is 8.14. The summed E-state index contributed by atoms with van der Waals surface area (Å²) in [6, 6.07) is 23.4. The fourth-order valence-electron chi connectivity index (χ4n) is 11.1. The third kappa shape index (κ3) is 9.26. The Morgan fingerprint density at radius 2 is 1.32 bits per heavy atom. The van der Waals surface area contributed by atoms with Gasteiger partial charge < -0.3 is 34.9 Å². The molecule has 340 valence electrons. The van der Waals surface area contributed by atoms with Crippen LogP contribution in [0.1, 0.15) is 85.0 Å². The number of amides is 2. The zero-order chi connectivity index (χ0) is 44.4. The van der Waals surface area contributed by atoms with Crippen molar-refractivity contribution in [3.8, 4) is 22.8 Å². The second-order valence-electron chi connectivity index (χ2n) is 19.3. The molecule has 4 saturated heterocycles. The number of likely N-dealkylation sites (tertiary alicyclic amines) is 3. The minimum atomic E-state index is -0.295. The first-order chi connectivity index (χ1) is 31.8. The molecule has 7 heterocycles. The third-order valence-corrected chi connectivity index (χ3v) is 14.9. The Balaban J connectivity index is 0.638. The van der Waals surface area contributed by atoms with Crippen LogP contribution in [0.2, 0.25) is 0 Å². The summed E-state index contributed by atoms with van der Waals surface area (Å²) >= 11 is 0. The number of fused-ring (bicyclic) bond motifs is 2. The van der Waals surface area contributed by atoms with E-state index in [1.807, 2.05) is 73.7 Å². The van der Waals surface area contributed by atoms with Gasteiger partial charge in [0.05, 0.1) is 22.6 Å². The van der Waals surface area contributed by atoms with E-state index in [4.69, 9.17) is 20.6 Å². The van der Waals surface area contributed by atoms with Crippen molar-refractivity contribution in [2.45, 2.75) is 70.4 Å². The summed E-state index contributed by atoms with van der Waals surface area (Å²) in [5, 5.41) is 5.97. The number of imide groups is 1. The Hall–Kier alpha value is -5.70. The summed E-state index contributed by atoms with van der Waals surface area (Å²) in [6.07, 6.45) is 10.4. The smallest absolute Gasteiger partial charge is 0.261 e. The van der Waals surface area contributed by atoms with Crippen LogP contribution in [0.5, 0.6) is 11.5 Å². The van der Waals surface area contributed by atoms with E-state index < -0.39 is 0 Å². The predicted octanol–water partition coefficient (Wildman–Crippen LogP) is 7.03. The van der Waals surface area contributed by atoms with Crippen LogP contribution in [0.3, 0.4) is 0 Å². The van der Waals surface area contributed by atoms with Crippen molar-refractivity contribution in [1.29, 1.82) is 0 Å². The van der Waals surface area contributed by atoms with Crippen LogP contribution >= 0.6 is 0 Å². The molecule has 0 spiro atoms. The average molecular weight is 879 g/mol. The number of piperidine rings is 3. The summed E-state index contributed by atoms with van der Waals surface area (Å²) in [5.41, 5.74) is 11.0. The van der Waals surface area contributed by atoms with Gasteiger partial charge in [0.1, 0.15) is 35.6 Å². The number of hydrogen-bond donors (Lipinski definition) is 1. The Labute approximate surface area is 381 Å². The summed E-state index contributed by atoms with van der Waals surface area (Å²) in [6.45, 7) is 14.2. The maximum atomic E-state index is 13.2. The predicted molar refractivity (Wildman–Crippen MR) is 252 cm³/mol. The molecule has 1 unspecified atom stereocenters. The molecular weight excluding hydrogens is 817 g/mol. The number of nitrogen functional groups attached to an aromatic ring is 1. The number of nitrogens with zero attached hydrogens (tertiary/aromatic N) is 9. The molecule has 2 amide bonds. The van der Waals surface area contributed by atoms with Gasteiger partial charge in [-0.25, -0.2) is 14.6 Å². The van der Waals surface area contributed by atoms with Gasteiger partial charge in [-0.1, -0.05) is 18.2 Å². The Morgan fingerprint density at radius 3 is 1.97 bits per heavy atom. The zero-order valence-corrected chi connectivity index (χ0v) is 37.6. The van der Waals surface area contributed by atoms with Gasteiger partial charge in [0.2, 0.25) is 0 Å². The van der Waals surface area contributed by atoms with Crippen LogP contribution in [-0.4, -0.2) is 135 Å². The van der Waals surface area contributed by atoms with Gasteiger partial charge in [-0.2, -0.15) is 5.10 Å². The first kappa shape index (κ1) is 43.2. The molecule has 5 aliphatic rings. The molecule has 1 atom stereocenters. The number of carbonyl (C=O) groups excluding carboxylic acids is 3. The second kappa shape index (κ2) is 19.0. The van der Waals surface area contributed by atoms with Gasteiger partial charge >= 0.3 is 0 Å². The van der Waals surface area contributed by atoms with Crippen molar-refractivity contribution in [3.05, 3.63) is 90.3 Å². The minimum Gasteiger partial charge on any atom is -0.457 e. The Bertz CT molecular complexity index is 2470. The van der Waals surface area contributed by atoms with Crippen LogP contribution < -0.4 is 15.4 Å². The standard InChI is InChI=1S/C51H62N10O4/c1-35(6-5-27-62)60-50(63)44-14-11-41(28-45(44)51(60)64)59-32-38(33-59)31-57-23-17-36(18-24-57)29-56-21-15-37(16-22-56)30-58-25-19-40(20-26-58)61-49-46(48(52)53-34-54-49)47(55-61)39-9-12-43(13-10-39)65-42-7-3-2-4-8-42/h2-4,7-14,27-28,34-38,40H,5-6,15-26,29-33H2,1H3,(H2,52,53,54). The van der Waals surface area contributed by atoms with Crippen molar-refractivity contribution in [3.63, 3.8) is 0 Å². The molecule has 4 fully saturated rings. The highest BCUT2D eigenvalue weighted by molar-refractivity contribution is 6.22. The Morgan fingerprint density at radius 1 is 0.723 bits per heavy atom. The Kier molecular flexibility index (Phi) is 12.6. The van der Waals surface area contributed by atoms with Crippen LogP contribution in [0, 0.1) is 17.8 Å². The van der Waals surface area contributed by atoms with Crippen LogP contribution in [0.15, 0.2) is 79.1 Å². The van der Waals surface area contributed by atoms with Gasteiger partial charge in [0.15, 0.2) is 5.65 Å². The third-order valence-electron chi connectivity index (χ3n) is 14.9. The summed E-state index contributed by atoms with van der Waals surface area (Å²) in [4.78, 5) is 57.8. The summed E-state index contributed by atoms with van der Waals surface area (Å²) in [5.74, 6) is 3.67. The number of anilines is 2. The zero-order valence-electron chi connectivity index (χ0n) is 37.6. The SMILES string of the molecule is CC(CCC=O)N1C(=O)c2ccc(N3CC(CN4CCC(CN5CCC(CN6CCC(n7nc(-c8ccc(Oc9ccccc9)cc8)c8c(N)ncnc87)CC6)CC5)CC4)C3)cc2C1=O. The van der Waals surface area contributed by atoms with Gasteiger partial charge in [-0.05, 0) is 144 Å². The molecule has 2 N–H and O–H groups in total. The topological polar surface area (TPSA) is 146 Å². The molecule has 0 aliphatic carbocycles. The number of aromatic nitrogens is 4. The highest BCUT2D eigenvalue weighted by Gasteiger charge is 2.40. The normalized spacial score (nSPS) is 20.4. The van der Waals surface area contributed by atoms with Crippen molar-refractivity contribution in [2.75, 3.05) is 82.6 Å². The van der Waals surface area contributed by atoms with Crippen molar-refractivity contribution in [2.24, 2.45) is 17.8 Å². The molecule has 2 aromatic heterocycles. The quantitative estimate of drug-likeness (QED) is 0.0852. The lowest BCUT2D eigenvalue weighted by Crippen LogP contribution is -2.53. The lowest BCUT2D eigenvalue weighted by atomic mass is 9.91. The number of para-hydroxylation sites is 1. The fourth-order valence-corrected chi connectivity index (χ4v) is 11.1. The number of benzene rings is 3. The molecule has 65 heavy (non-hydrogen) atoms. The molecule has 14 nitrogen and oxygen atoms in total. The maximum Gasteiger partial charge on any atom is 0.261 e. The monoisotopic (exact) mass is 878 g/mol. The average Bonchev–Trinajstić information content (AvgIpc) is 3.83. The number of aldehydes is 1. The lowest BCUT2D eigenvalue weighted by molar-refractivity contribution is -0.108. The first-order valence-corrected chi connectivity index (χ1v) is 24.0. The first-order valence-electron chi connectivity index (χ1n) is 24.0. The molecular formula is C51H62N10O4. The molecule has 0 saturated carbocycles. The van der Waals surface area contributed by atoms with Crippen LogP contribution in [-0.2, 0) is 4.79 Å². The highest BCUT2D eigenvalue weighted by atomic mass is 16.5. The van der Waals surface area contributed by atoms with E-state index >= 15 is 0 Å². The molecule has 5 aromatic rings. The van der Waals surface area contributed by atoms with E-state index in [1.165, 1.54) is 69.9 Å². The van der Waals surface area contributed by atoms with E-state index in [0.29, 0.717) is 35.7 Å². The van der Waals surface area contributed by atoms with Gasteiger partial charge in [-0.15, -0.1) is 0 Å². The molecule has 0 radical (unpaired) electrons. The van der Waals surface area contributed by atoms with Gasteiger partial charge in [-0.3, -0.25) is 14.5 Å². The summed E-state index contributed by atoms with van der Waals surface area (Å²) in [7, 11) is 0. The minimum absolute atomic E-state index is 0.241. The number of hydrogen-bond acceptors (Lipinski definition) is 12. The maximum absolute atomic E-state index is 13.2. The second-order valence-corrected chi connectivity index (χ2v) is 19.3. The van der Waals surface area contributed by atoms with Crippen molar-refractivity contribution < 1.29 is 19.1 Å². The molecule has 5 aliphatic heterocycles. The number of carbonyl (C=O) groups is 3. The van der Waals surface area contributed by atoms with Crippen molar-refractivity contribution >= 4 is 40.6 Å². The molecule has 14 heteroatoms. The van der Waals surface area contributed by atoms with E-state index in [-0.39, 0.29) is 23.9 Å². The van der Waals surface area contributed by atoms with Crippen molar-refractivity contribution in [1.82, 2.24) is 39.3 Å². The number of rotatable bonds is 15. The van der Waals surface area contributed by atoms with E-state index in [2.05, 4.69) is 29.3 Å². The van der Waals surface area contributed by atoms with E-state index in [9.17, 15) is 14.4 Å². The largest absolute Gasteiger partial charge is 0.457 e. The number of nitrogens with two attached hydrogens (primary N) is 1. The number of ether oxygens (including phenoxy) is 1. The van der Waals surface area contributed by atoms with E-state index in [1.54, 1.807) is 12.4 Å². The van der Waals surface area contributed by atoms with E-state index in [0.717, 1.165) is 103 Å². The molecule has 3 aromatic carbocycles. The molecule has 10 rings (SSSR count). The van der Waals surface area contributed by atoms with Crippen LogP contribution in [0.25, 0.3) is 22.3 Å². The highest BCUT2D eigenvalue weighted by Crippen LogP contribution is 2.37. The fraction of sp³-hybridized carbons (Fsp3) is 0.490. The van der Waals surface area contributed by atoms with Crippen LogP contribution in [0.4, 0.5) is 11.5 Å². The van der Waals surface area contributed by atoms with Gasteiger partial charge in [0.25, 0.3) is 11.8 Å². The molecule has 0 bridgehead atoms.